The van der Waals surface area contributed by atoms with Gasteiger partial charge in [-0.15, -0.1) is 24.0 Å². The Hall–Kier alpha value is -0.0800. The minimum Gasteiger partial charge on any atom is -0.355 e. The Kier molecular flexibility index (Phi) is 9.44. The van der Waals surface area contributed by atoms with E-state index in [2.05, 4.69) is 39.3 Å². The zero-order chi connectivity index (χ0) is 17.6. The van der Waals surface area contributed by atoms with Crippen LogP contribution in [-0.2, 0) is 0 Å². The lowest BCUT2D eigenvalue weighted by Gasteiger charge is -2.32. The molecule has 3 rings (SSSR count). The van der Waals surface area contributed by atoms with Crippen molar-refractivity contribution in [1.29, 1.82) is 0 Å². The first-order chi connectivity index (χ1) is 12.2. The van der Waals surface area contributed by atoms with Crippen LogP contribution < -0.4 is 10.6 Å². The number of nitrogens with one attached hydrogen (secondary N) is 2. The molecule has 0 aromatic rings. The van der Waals surface area contributed by atoms with E-state index in [0.29, 0.717) is 18.0 Å². The van der Waals surface area contributed by atoms with Gasteiger partial charge in [-0.3, -0.25) is 14.8 Å². The summed E-state index contributed by atoms with van der Waals surface area (Å²) in [7, 11) is 1.90. The van der Waals surface area contributed by atoms with Crippen molar-refractivity contribution in [2.45, 2.75) is 76.9 Å². The molecule has 26 heavy (non-hydrogen) atoms. The Morgan fingerprint density at radius 1 is 1.04 bits per heavy atom. The van der Waals surface area contributed by atoms with Crippen molar-refractivity contribution in [3.63, 3.8) is 0 Å². The van der Waals surface area contributed by atoms with E-state index in [1.165, 1.54) is 71.1 Å². The van der Waals surface area contributed by atoms with Gasteiger partial charge < -0.3 is 10.6 Å². The van der Waals surface area contributed by atoms with E-state index in [1.807, 2.05) is 7.05 Å². The molecule has 3 fully saturated rings. The maximum Gasteiger partial charge on any atom is 0.191 e. The summed E-state index contributed by atoms with van der Waals surface area (Å²) >= 11 is 0. The maximum atomic E-state index is 4.49. The number of hydrogen-bond acceptors (Lipinski definition) is 3. The van der Waals surface area contributed by atoms with Gasteiger partial charge >= 0.3 is 0 Å². The van der Waals surface area contributed by atoms with Crippen molar-refractivity contribution in [1.82, 2.24) is 20.4 Å². The molecule has 1 saturated carbocycles. The zero-order valence-corrected chi connectivity index (χ0v) is 19.4. The van der Waals surface area contributed by atoms with E-state index < -0.39 is 0 Å². The van der Waals surface area contributed by atoms with Gasteiger partial charge in [0.1, 0.15) is 0 Å². The Labute approximate surface area is 177 Å². The van der Waals surface area contributed by atoms with Gasteiger partial charge in [0, 0.05) is 44.8 Å². The van der Waals surface area contributed by atoms with E-state index in [9.17, 15) is 0 Å². The fourth-order valence-corrected chi connectivity index (χ4v) is 4.96. The zero-order valence-electron chi connectivity index (χ0n) is 17.0. The Bertz CT molecular complexity index is 430. The van der Waals surface area contributed by atoms with Crippen molar-refractivity contribution in [3.8, 4) is 0 Å². The van der Waals surface area contributed by atoms with Gasteiger partial charge in [0.15, 0.2) is 5.96 Å². The van der Waals surface area contributed by atoms with Crippen LogP contribution in [0.1, 0.15) is 58.8 Å². The summed E-state index contributed by atoms with van der Waals surface area (Å²) in [6, 6.07) is 2.01. The molecule has 0 aromatic carbocycles. The molecule has 0 amide bonds. The van der Waals surface area contributed by atoms with Gasteiger partial charge in [-0.05, 0) is 51.1 Å². The summed E-state index contributed by atoms with van der Waals surface area (Å²) in [5, 5.41) is 7.30. The highest BCUT2D eigenvalue weighted by Crippen LogP contribution is 2.26. The second kappa shape index (κ2) is 11.1. The number of aliphatic imine (C=N–C) groups is 1. The Morgan fingerprint density at radius 2 is 1.73 bits per heavy atom. The number of rotatable bonds is 6. The topological polar surface area (TPSA) is 42.9 Å². The van der Waals surface area contributed by atoms with Crippen molar-refractivity contribution in [3.05, 3.63) is 0 Å². The molecule has 0 radical (unpaired) electrons. The summed E-state index contributed by atoms with van der Waals surface area (Å²) in [5.41, 5.74) is 0. The molecule has 6 heteroatoms. The lowest BCUT2D eigenvalue weighted by Crippen LogP contribution is -2.51. The molecule has 2 atom stereocenters. The van der Waals surface area contributed by atoms with Crippen molar-refractivity contribution in [2.24, 2.45) is 10.9 Å². The molecular weight excluding hydrogens is 437 g/mol. The van der Waals surface area contributed by atoms with Crippen LogP contribution in [0.25, 0.3) is 0 Å². The monoisotopic (exact) mass is 477 g/mol. The maximum absolute atomic E-state index is 4.49. The number of halogens is 1. The number of nitrogens with zero attached hydrogens (tertiary/aromatic N) is 3. The third-order valence-electron chi connectivity index (χ3n) is 6.48. The summed E-state index contributed by atoms with van der Waals surface area (Å²) in [5.74, 6) is 1.66. The molecule has 0 spiro atoms. The molecule has 2 unspecified atom stereocenters. The summed E-state index contributed by atoms with van der Waals surface area (Å²) in [6.07, 6.45) is 9.63. The van der Waals surface area contributed by atoms with Crippen LogP contribution >= 0.6 is 24.0 Å². The van der Waals surface area contributed by atoms with Crippen molar-refractivity contribution < 1.29 is 0 Å². The predicted molar refractivity (Wildman–Crippen MR) is 122 cm³/mol. The standard InChI is InChI=1S/C20H39N5.HI/c1-16(2)19(24-11-6-7-12-24)14-22-20(21-3)23-17-10-13-25(15-17)18-8-4-5-9-18;/h16-19H,4-15H2,1-3H3,(H2,21,22,23);1H. The van der Waals surface area contributed by atoms with Gasteiger partial charge in [0.25, 0.3) is 0 Å². The lowest BCUT2D eigenvalue weighted by atomic mass is 10.0. The van der Waals surface area contributed by atoms with Gasteiger partial charge in [-0.25, -0.2) is 0 Å². The molecule has 2 saturated heterocycles. The molecule has 152 valence electrons. The molecule has 0 bridgehead atoms. The van der Waals surface area contributed by atoms with Crippen LogP contribution in [0, 0.1) is 5.92 Å². The average Bonchev–Trinajstić information content (AvgIpc) is 3.35. The molecular formula is C20H40IN5. The first-order valence-electron chi connectivity index (χ1n) is 10.6. The first-order valence-corrected chi connectivity index (χ1v) is 10.6. The normalized spacial score (nSPS) is 27.1. The molecule has 0 aromatic heterocycles. The molecule has 1 aliphatic carbocycles. The minimum absolute atomic E-state index is 0. The van der Waals surface area contributed by atoms with E-state index in [0.717, 1.165) is 18.5 Å². The van der Waals surface area contributed by atoms with E-state index >= 15 is 0 Å². The smallest absolute Gasteiger partial charge is 0.191 e. The molecule has 2 heterocycles. The SMILES string of the molecule is CN=C(NCC(C(C)C)N1CCCC1)NC1CCN(C2CCCC2)C1.I. The number of likely N-dealkylation sites (tertiary alicyclic amines) is 2. The third kappa shape index (κ3) is 5.96. The van der Waals surface area contributed by atoms with Gasteiger partial charge in [0.05, 0.1) is 0 Å². The largest absolute Gasteiger partial charge is 0.355 e. The average molecular weight is 477 g/mol. The highest BCUT2D eigenvalue weighted by atomic mass is 127. The van der Waals surface area contributed by atoms with E-state index in [-0.39, 0.29) is 24.0 Å². The summed E-state index contributed by atoms with van der Waals surface area (Å²) in [6.45, 7) is 10.6. The van der Waals surface area contributed by atoms with Gasteiger partial charge in [0.2, 0.25) is 0 Å². The second-order valence-electron chi connectivity index (χ2n) is 8.57. The van der Waals surface area contributed by atoms with Crippen LogP contribution in [0.2, 0.25) is 0 Å². The Morgan fingerprint density at radius 3 is 2.35 bits per heavy atom. The quantitative estimate of drug-likeness (QED) is 0.351. The fraction of sp³-hybridized carbons (Fsp3) is 0.950. The van der Waals surface area contributed by atoms with Gasteiger partial charge in [-0.1, -0.05) is 26.7 Å². The lowest BCUT2D eigenvalue weighted by molar-refractivity contribution is 0.192. The molecule has 2 aliphatic heterocycles. The van der Waals surface area contributed by atoms with E-state index in [1.54, 1.807) is 0 Å². The number of guanidine groups is 1. The predicted octanol–water partition coefficient (Wildman–Crippen LogP) is 2.91. The van der Waals surface area contributed by atoms with Crippen LogP contribution in [0.5, 0.6) is 0 Å². The summed E-state index contributed by atoms with van der Waals surface area (Å²) in [4.78, 5) is 9.85. The molecule has 3 aliphatic rings. The van der Waals surface area contributed by atoms with Crippen LogP contribution in [0.4, 0.5) is 0 Å². The van der Waals surface area contributed by atoms with Crippen molar-refractivity contribution >= 4 is 29.9 Å². The second-order valence-corrected chi connectivity index (χ2v) is 8.57. The van der Waals surface area contributed by atoms with E-state index in [4.69, 9.17) is 0 Å². The highest BCUT2D eigenvalue weighted by molar-refractivity contribution is 14.0. The van der Waals surface area contributed by atoms with Crippen molar-refractivity contribution in [2.75, 3.05) is 39.8 Å². The molecule has 2 N–H and O–H groups in total. The third-order valence-corrected chi connectivity index (χ3v) is 6.48. The minimum atomic E-state index is 0. The fourth-order valence-electron chi connectivity index (χ4n) is 4.96. The highest BCUT2D eigenvalue weighted by Gasteiger charge is 2.30. The number of hydrogen-bond donors (Lipinski definition) is 2. The van der Waals surface area contributed by atoms with Crippen LogP contribution in [-0.4, -0.2) is 73.7 Å². The van der Waals surface area contributed by atoms with Crippen LogP contribution in [0.3, 0.4) is 0 Å². The van der Waals surface area contributed by atoms with Gasteiger partial charge in [-0.2, -0.15) is 0 Å². The summed E-state index contributed by atoms with van der Waals surface area (Å²) < 4.78 is 0. The molecule has 5 nitrogen and oxygen atoms in total. The Balaban J connectivity index is 0.00000243. The first kappa shape index (κ1) is 22.2. The van der Waals surface area contributed by atoms with Crippen LogP contribution in [0.15, 0.2) is 4.99 Å².